The predicted molar refractivity (Wildman–Crippen MR) is 101 cm³/mol. The van der Waals surface area contributed by atoms with Gasteiger partial charge >= 0.3 is 5.97 Å². The Hall–Kier alpha value is -2.57. The summed E-state index contributed by atoms with van der Waals surface area (Å²) in [7, 11) is 3.04. The number of esters is 1. The van der Waals surface area contributed by atoms with Crippen LogP contribution in [0.4, 0.5) is 0 Å². The number of guanidine groups is 1. The molecule has 0 spiro atoms. The van der Waals surface area contributed by atoms with Crippen LogP contribution in [0, 0.1) is 11.8 Å². The molecule has 1 amide bonds. The number of rotatable bonds is 5. The van der Waals surface area contributed by atoms with Gasteiger partial charge in [0.25, 0.3) is 5.91 Å². The van der Waals surface area contributed by atoms with E-state index in [-0.39, 0.29) is 23.7 Å². The van der Waals surface area contributed by atoms with Crippen molar-refractivity contribution in [1.29, 1.82) is 0 Å². The van der Waals surface area contributed by atoms with Gasteiger partial charge in [0.1, 0.15) is 0 Å². The van der Waals surface area contributed by atoms with E-state index in [1.165, 1.54) is 7.11 Å². The summed E-state index contributed by atoms with van der Waals surface area (Å²) in [5, 5.41) is 5.91. The van der Waals surface area contributed by atoms with Crippen LogP contribution < -0.4 is 10.6 Å². The van der Waals surface area contributed by atoms with Gasteiger partial charge in [-0.3, -0.25) is 9.59 Å². The summed E-state index contributed by atoms with van der Waals surface area (Å²) in [6.07, 6.45) is 0. The van der Waals surface area contributed by atoms with Crippen LogP contribution in [0.15, 0.2) is 29.3 Å². The number of carbonyl (C=O) groups excluding carboxylic acids is 2. The molecule has 1 fully saturated rings. The molecule has 2 atom stereocenters. The van der Waals surface area contributed by atoms with Crippen LogP contribution in [0.2, 0.25) is 0 Å². The highest BCUT2D eigenvalue weighted by molar-refractivity contribution is 5.94. The number of nitrogens with zero attached hydrogens (tertiary/aromatic N) is 2. The second kappa shape index (κ2) is 9.22. The van der Waals surface area contributed by atoms with Crippen LogP contribution in [0.3, 0.4) is 0 Å². The van der Waals surface area contributed by atoms with E-state index in [1.54, 1.807) is 13.1 Å². The third-order valence-electron chi connectivity index (χ3n) is 4.58. The Morgan fingerprint density at radius 1 is 1.35 bits per heavy atom. The minimum atomic E-state index is -0.172. The third kappa shape index (κ3) is 4.74. The highest BCUT2D eigenvalue weighted by Crippen LogP contribution is 2.24. The molecule has 1 aliphatic rings. The van der Waals surface area contributed by atoms with E-state index in [4.69, 9.17) is 9.73 Å². The highest BCUT2D eigenvalue weighted by Gasteiger charge is 2.36. The number of aliphatic imine (C=N–C) groups is 1. The maximum absolute atomic E-state index is 11.9. The quantitative estimate of drug-likeness (QED) is 0.469. The number of methoxy groups -OCH3 is 1. The van der Waals surface area contributed by atoms with Crippen molar-refractivity contribution in [2.75, 3.05) is 33.8 Å². The molecule has 1 aromatic carbocycles. The van der Waals surface area contributed by atoms with Crippen molar-refractivity contribution in [1.82, 2.24) is 15.5 Å². The normalized spacial score (nSPS) is 20.0. The summed E-state index contributed by atoms with van der Waals surface area (Å²) in [5.74, 6) is 0.561. The molecular weight excluding hydrogens is 332 g/mol. The number of hydrogen-bond acceptors (Lipinski definition) is 4. The Kier molecular flexibility index (Phi) is 7.00. The van der Waals surface area contributed by atoms with Crippen molar-refractivity contribution in [2.24, 2.45) is 16.8 Å². The Balaban J connectivity index is 2.12. The molecule has 26 heavy (non-hydrogen) atoms. The van der Waals surface area contributed by atoms with Crippen molar-refractivity contribution in [3.63, 3.8) is 0 Å². The topological polar surface area (TPSA) is 83.0 Å². The average molecular weight is 360 g/mol. The second-order valence-electron chi connectivity index (χ2n) is 6.46. The van der Waals surface area contributed by atoms with Gasteiger partial charge in [-0.2, -0.15) is 0 Å². The molecule has 0 saturated carbocycles. The molecule has 1 heterocycles. The number of hydrogen-bond donors (Lipinski definition) is 2. The molecule has 1 aromatic rings. The van der Waals surface area contributed by atoms with Crippen molar-refractivity contribution >= 4 is 17.8 Å². The van der Waals surface area contributed by atoms with Crippen molar-refractivity contribution in [2.45, 2.75) is 20.4 Å². The fourth-order valence-corrected chi connectivity index (χ4v) is 3.15. The van der Waals surface area contributed by atoms with Crippen molar-refractivity contribution in [3.05, 3.63) is 35.4 Å². The van der Waals surface area contributed by atoms with Crippen molar-refractivity contribution < 1.29 is 14.3 Å². The molecule has 2 N–H and O–H groups in total. The summed E-state index contributed by atoms with van der Waals surface area (Å²) < 4.78 is 4.90. The zero-order chi connectivity index (χ0) is 19.1. The summed E-state index contributed by atoms with van der Waals surface area (Å²) in [5.41, 5.74) is 1.57. The van der Waals surface area contributed by atoms with Gasteiger partial charge < -0.3 is 20.3 Å². The standard InChI is InChI=1S/C19H28N4O3/c1-5-21-19(23-11-13(2)16(12-23)18(25)26-4)22-10-14-7-6-8-15(9-14)17(24)20-3/h6-9,13,16H,5,10-12H2,1-4H3,(H,20,24)(H,21,22). The molecule has 142 valence electrons. The largest absolute Gasteiger partial charge is 0.469 e. The SMILES string of the molecule is CCNC(=NCc1cccc(C(=O)NC)c1)N1CC(C)C(C(=O)OC)C1. The average Bonchev–Trinajstić information content (AvgIpc) is 3.05. The Labute approximate surface area is 154 Å². The smallest absolute Gasteiger partial charge is 0.310 e. The molecule has 0 bridgehead atoms. The van der Waals surface area contributed by atoms with Crippen LogP contribution in [0.5, 0.6) is 0 Å². The molecule has 0 aromatic heterocycles. The van der Waals surface area contributed by atoms with E-state index < -0.39 is 0 Å². The fourth-order valence-electron chi connectivity index (χ4n) is 3.15. The first kappa shape index (κ1) is 19.8. The minimum absolute atomic E-state index is 0.114. The summed E-state index contributed by atoms with van der Waals surface area (Å²) in [6.45, 7) is 6.62. The van der Waals surface area contributed by atoms with Gasteiger partial charge in [-0.25, -0.2) is 4.99 Å². The Bertz CT molecular complexity index is 675. The predicted octanol–water partition coefficient (Wildman–Crippen LogP) is 1.25. The zero-order valence-corrected chi connectivity index (χ0v) is 15.9. The first-order chi connectivity index (χ1) is 12.5. The third-order valence-corrected chi connectivity index (χ3v) is 4.58. The fraction of sp³-hybridized carbons (Fsp3) is 0.526. The lowest BCUT2D eigenvalue weighted by Gasteiger charge is -2.21. The second-order valence-corrected chi connectivity index (χ2v) is 6.46. The first-order valence-corrected chi connectivity index (χ1v) is 8.92. The summed E-state index contributed by atoms with van der Waals surface area (Å²) in [4.78, 5) is 30.5. The number of carbonyl (C=O) groups is 2. The number of ether oxygens (including phenoxy) is 1. The lowest BCUT2D eigenvalue weighted by atomic mass is 9.99. The molecule has 7 heteroatoms. The molecule has 7 nitrogen and oxygen atoms in total. The number of amides is 1. The van der Waals surface area contributed by atoms with Gasteiger partial charge in [0.15, 0.2) is 5.96 Å². The van der Waals surface area contributed by atoms with E-state index in [2.05, 4.69) is 22.5 Å². The Morgan fingerprint density at radius 3 is 2.77 bits per heavy atom. The monoisotopic (exact) mass is 360 g/mol. The van der Waals surface area contributed by atoms with Gasteiger partial charge in [-0.05, 0) is 30.5 Å². The van der Waals surface area contributed by atoms with Gasteiger partial charge in [-0.15, -0.1) is 0 Å². The molecule has 0 radical (unpaired) electrons. The van der Waals surface area contributed by atoms with Crippen LogP contribution >= 0.6 is 0 Å². The lowest BCUT2D eigenvalue weighted by Crippen LogP contribution is -2.40. The highest BCUT2D eigenvalue weighted by atomic mass is 16.5. The van der Waals surface area contributed by atoms with Crippen LogP contribution in [-0.4, -0.2) is 56.5 Å². The van der Waals surface area contributed by atoms with Gasteiger partial charge in [0.2, 0.25) is 0 Å². The van der Waals surface area contributed by atoms with E-state index in [1.807, 2.05) is 25.1 Å². The zero-order valence-electron chi connectivity index (χ0n) is 15.9. The number of benzene rings is 1. The summed E-state index contributed by atoms with van der Waals surface area (Å²) >= 11 is 0. The van der Waals surface area contributed by atoms with Gasteiger partial charge in [-0.1, -0.05) is 19.1 Å². The van der Waals surface area contributed by atoms with Gasteiger partial charge in [0, 0.05) is 32.2 Å². The van der Waals surface area contributed by atoms with Crippen LogP contribution in [-0.2, 0) is 16.1 Å². The van der Waals surface area contributed by atoms with E-state index in [9.17, 15) is 9.59 Å². The van der Waals surface area contributed by atoms with Crippen LogP contribution in [0.1, 0.15) is 29.8 Å². The molecule has 2 unspecified atom stereocenters. The molecule has 0 aliphatic carbocycles. The molecular formula is C19H28N4O3. The Morgan fingerprint density at radius 2 is 2.12 bits per heavy atom. The van der Waals surface area contributed by atoms with E-state index in [0.29, 0.717) is 18.7 Å². The van der Waals surface area contributed by atoms with Gasteiger partial charge in [0.05, 0.1) is 19.6 Å². The first-order valence-electron chi connectivity index (χ1n) is 8.92. The van der Waals surface area contributed by atoms with E-state index >= 15 is 0 Å². The lowest BCUT2D eigenvalue weighted by molar-refractivity contribution is -0.145. The molecule has 1 aliphatic heterocycles. The minimum Gasteiger partial charge on any atom is -0.469 e. The van der Waals surface area contributed by atoms with E-state index in [0.717, 1.165) is 24.6 Å². The van der Waals surface area contributed by atoms with Crippen LogP contribution in [0.25, 0.3) is 0 Å². The molecule has 2 rings (SSSR count). The maximum atomic E-state index is 11.9. The summed E-state index contributed by atoms with van der Waals surface area (Å²) in [6, 6.07) is 7.42. The molecule has 1 saturated heterocycles. The van der Waals surface area contributed by atoms with Crippen molar-refractivity contribution in [3.8, 4) is 0 Å². The maximum Gasteiger partial charge on any atom is 0.310 e. The number of likely N-dealkylation sites (tertiary alicyclic amines) is 1. The number of nitrogens with one attached hydrogen (secondary N) is 2.